The number of anilines is 1. The monoisotopic (exact) mass is 257 g/mol. The molecular weight excluding hydrogens is 234 g/mol. The van der Waals surface area contributed by atoms with Crippen molar-refractivity contribution in [1.29, 1.82) is 0 Å². The van der Waals surface area contributed by atoms with E-state index in [9.17, 15) is 0 Å². The van der Waals surface area contributed by atoms with Gasteiger partial charge in [-0.3, -0.25) is 0 Å². The van der Waals surface area contributed by atoms with E-state index >= 15 is 0 Å². The quantitative estimate of drug-likeness (QED) is 0.572. The van der Waals surface area contributed by atoms with E-state index in [-0.39, 0.29) is 0 Å². The van der Waals surface area contributed by atoms with E-state index in [0.717, 1.165) is 37.8 Å². The van der Waals surface area contributed by atoms with Crippen LogP contribution in [0.3, 0.4) is 0 Å². The molecule has 3 nitrogen and oxygen atoms in total. The first-order valence-corrected chi connectivity index (χ1v) is 7.18. The molecule has 0 unspecified atom stereocenters. The van der Waals surface area contributed by atoms with Crippen molar-refractivity contribution in [3.05, 3.63) is 23.9 Å². The van der Waals surface area contributed by atoms with Crippen LogP contribution in [0.15, 0.2) is 18.3 Å². The van der Waals surface area contributed by atoms with Gasteiger partial charge in [0, 0.05) is 24.8 Å². The summed E-state index contributed by atoms with van der Waals surface area (Å²) in [6.45, 7) is 5.76. The second-order valence-electron chi connectivity index (χ2n) is 5.19. The highest BCUT2D eigenvalue weighted by Crippen LogP contribution is 2.31. The normalized spacial score (nSPS) is 14.1. The van der Waals surface area contributed by atoms with Crippen LogP contribution in [-0.2, 0) is 6.54 Å². The predicted molar refractivity (Wildman–Crippen MR) is 80.0 cm³/mol. The van der Waals surface area contributed by atoms with Gasteiger partial charge in [-0.1, -0.05) is 18.9 Å². The van der Waals surface area contributed by atoms with Gasteiger partial charge in [-0.15, -0.1) is 6.42 Å². The SMILES string of the molecule is C#CCN(CC1CC1)c1ncccc1CNCCC. The molecule has 0 radical (unpaired) electrons. The van der Waals surface area contributed by atoms with E-state index in [2.05, 4.69) is 34.1 Å². The fourth-order valence-electron chi connectivity index (χ4n) is 2.20. The van der Waals surface area contributed by atoms with E-state index in [0.29, 0.717) is 6.54 Å². The van der Waals surface area contributed by atoms with Gasteiger partial charge in [-0.25, -0.2) is 4.98 Å². The average Bonchev–Trinajstić information content (AvgIpc) is 3.23. The van der Waals surface area contributed by atoms with Crippen molar-refractivity contribution < 1.29 is 0 Å². The Morgan fingerprint density at radius 3 is 3.05 bits per heavy atom. The first-order valence-electron chi connectivity index (χ1n) is 7.18. The standard InChI is InChI=1S/C16H23N3/c1-3-9-17-12-15-6-5-10-18-16(15)19(11-4-2)13-14-7-8-14/h2,5-6,10,14,17H,3,7-9,11-13H2,1H3. The molecule has 1 aliphatic rings. The largest absolute Gasteiger partial charge is 0.345 e. The van der Waals surface area contributed by atoms with E-state index in [1.165, 1.54) is 18.4 Å². The number of nitrogens with zero attached hydrogens (tertiary/aromatic N) is 2. The van der Waals surface area contributed by atoms with Gasteiger partial charge in [0.15, 0.2) is 0 Å². The molecule has 0 saturated heterocycles. The van der Waals surface area contributed by atoms with Gasteiger partial charge in [-0.05, 0) is 37.8 Å². The number of aromatic nitrogens is 1. The van der Waals surface area contributed by atoms with Gasteiger partial charge in [-0.2, -0.15) is 0 Å². The lowest BCUT2D eigenvalue weighted by atomic mass is 10.2. The first kappa shape index (κ1) is 13.9. The van der Waals surface area contributed by atoms with Gasteiger partial charge < -0.3 is 10.2 Å². The van der Waals surface area contributed by atoms with Crippen molar-refractivity contribution in [2.24, 2.45) is 5.92 Å². The Balaban J connectivity index is 2.08. The molecule has 0 aromatic carbocycles. The lowest BCUT2D eigenvalue weighted by Gasteiger charge is -2.23. The maximum Gasteiger partial charge on any atom is 0.133 e. The smallest absolute Gasteiger partial charge is 0.133 e. The Bertz CT molecular complexity index is 432. The van der Waals surface area contributed by atoms with Crippen LogP contribution in [0.2, 0.25) is 0 Å². The number of rotatable bonds is 8. The van der Waals surface area contributed by atoms with E-state index in [1.54, 1.807) is 0 Å². The van der Waals surface area contributed by atoms with Gasteiger partial charge in [0.25, 0.3) is 0 Å². The molecule has 1 saturated carbocycles. The summed E-state index contributed by atoms with van der Waals surface area (Å²) in [5.41, 5.74) is 1.24. The molecular formula is C16H23N3. The molecule has 102 valence electrons. The van der Waals surface area contributed by atoms with Crippen LogP contribution >= 0.6 is 0 Å². The van der Waals surface area contributed by atoms with Crippen molar-refractivity contribution in [3.8, 4) is 12.3 Å². The molecule has 0 amide bonds. The van der Waals surface area contributed by atoms with E-state index in [1.807, 2.05) is 12.3 Å². The molecule has 1 aromatic rings. The molecule has 1 fully saturated rings. The third kappa shape index (κ3) is 4.25. The number of hydrogen-bond donors (Lipinski definition) is 1. The molecule has 3 heteroatoms. The van der Waals surface area contributed by atoms with Gasteiger partial charge in [0.05, 0.1) is 6.54 Å². The maximum absolute atomic E-state index is 5.50. The highest BCUT2D eigenvalue weighted by Gasteiger charge is 2.25. The van der Waals surface area contributed by atoms with Crippen molar-refractivity contribution >= 4 is 5.82 Å². The summed E-state index contributed by atoms with van der Waals surface area (Å²) >= 11 is 0. The third-order valence-electron chi connectivity index (χ3n) is 3.37. The zero-order valence-corrected chi connectivity index (χ0v) is 11.7. The predicted octanol–water partition coefficient (Wildman–Crippen LogP) is 2.43. The number of pyridine rings is 1. The fraction of sp³-hybridized carbons (Fsp3) is 0.562. The Hall–Kier alpha value is -1.53. The van der Waals surface area contributed by atoms with Crippen LogP contribution in [0.25, 0.3) is 0 Å². The van der Waals surface area contributed by atoms with Crippen LogP contribution < -0.4 is 10.2 Å². The summed E-state index contributed by atoms with van der Waals surface area (Å²) in [6.07, 6.45) is 11.2. The second kappa shape index (κ2) is 7.16. The van der Waals surface area contributed by atoms with E-state index in [4.69, 9.17) is 6.42 Å². The molecule has 19 heavy (non-hydrogen) atoms. The minimum absolute atomic E-state index is 0.647. The third-order valence-corrected chi connectivity index (χ3v) is 3.37. The van der Waals surface area contributed by atoms with Crippen LogP contribution in [0.4, 0.5) is 5.82 Å². The Kier molecular flexibility index (Phi) is 5.23. The summed E-state index contributed by atoms with van der Waals surface area (Å²) in [7, 11) is 0. The Morgan fingerprint density at radius 1 is 1.53 bits per heavy atom. The fourth-order valence-corrected chi connectivity index (χ4v) is 2.20. The molecule has 1 heterocycles. The molecule has 2 rings (SSSR count). The van der Waals surface area contributed by atoms with Crippen LogP contribution in [0.5, 0.6) is 0 Å². The van der Waals surface area contributed by atoms with Gasteiger partial charge in [0.2, 0.25) is 0 Å². The number of nitrogens with one attached hydrogen (secondary N) is 1. The Labute approximate surface area is 116 Å². The van der Waals surface area contributed by atoms with E-state index < -0.39 is 0 Å². The zero-order chi connectivity index (χ0) is 13.5. The summed E-state index contributed by atoms with van der Waals surface area (Å²) < 4.78 is 0. The molecule has 0 aliphatic heterocycles. The van der Waals surface area contributed by atoms with Gasteiger partial charge in [0.1, 0.15) is 5.82 Å². The molecule has 0 atom stereocenters. The second-order valence-corrected chi connectivity index (χ2v) is 5.19. The number of terminal acetylenes is 1. The van der Waals surface area contributed by atoms with Crippen LogP contribution in [0, 0.1) is 18.3 Å². The first-order chi connectivity index (χ1) is 9.35. The molecule has 1 aromatic heterocycles. The lowest BCUT2D eigenvalue weighted by Crippen LogP contribution is -2.29. The van der Waals surface area contributed by atoms with Crippen molar-refractivity contribution in [1.82, 2.24) is 10.3 Å². The summed E-state index contributed by atoms with van der Waals surface area (Å²) in [5.74, 6) is 4.62. The highest BCUT2D eigenvalue weighted by molar-refractivity contribution is 5.48. The average molecular weight is 257 g/mol. The summed E-state index contributed by atoms with van der Waals surface area (Å²) in [4.78, 5) is 6.80. The molecule has 0 spiro atoms. The van der Waals surface area contributed by atoms with Crippen LogP contribution in [-0.4, -0.2) is 24.6 Å². The Morgan fingerprint density at radius 2 is 2.37 bits per heavy atom. The summed E-state index contributed by atoms with van der Waals surface area (Å²) in [6, 6.07) is 4.14. The van der Waals surface area contributed by atoms with Gasteiger partial charge >= 0.3 is 0 Å². The molecule has 0 bridgehead atoms. The summed E-state index contributed by atoms with van der Waals surface area (Å²) in [5, 5.41) is 3.44. The maximum atomic E-state index is 5.50. The topological polar surface area (TPSA) is 28.2 Å². The minimum Gasteiger partial charge on any atom is -0.345 e. The number of hydrogen-bond acceptors (Lipinski definition) is 3. The molecule has 1 N–H and O–H groups in total. The molecule has 1 aliphatic carbocycles. The van der Waals surface area contributed by atoms with Crippen molar-refractivity contribution in [2.45, 2.75) is 32.7 Å². The zero-order valence-electron chi connectivity index (χ0n) is 11.7. The van der Waals surface area contributed by atoms with Crippen molar-refractivity contribution in [2.75, 3.05) is 24.5 Å². The minimum atomic E-state index is 0.647. The van der Waals surface area contributed by atoms with Crippen molar-refractivity contribution in [3.63, 3.8) is 0 Å². The van der Waals surface area contributed by atoms with Crippen LogP contribution in [0.1, 0.15) is 31.7 Å². The lowest BCUT2D eigenvalue weighted by molar-refractivity contribution is 0.667. The highest BCUT2D eigenvalue weighted by atomic mass is 15.2.